The molecule has 27 heavy (non-hydrogen) atoms. The normalized spacial score (nSPS) is 10.1. The van der Waals surface area contributed by atoms with Crippen LogP contribution in [0.4, 0.5) is 21.7 Å². The van der Waals surface area contributed by atoms with Crippen LogP contribution in [-0.4, -0.2) is 15.9 Å². The minimum Gasteiger partial charge on any atom is -0.436 e. The van der Waals surface area contributed by atoms with Gasteiger partial charge < -0.3 is 15.4 Å². The summed E-state index contributed by atoms with van der Waals surface area (Å²) in [5, 5.41) is 5.61. The van der Waals surface area contributed by atoms with Crippen LogP contribution >= 0.6 is 0 Å². The predicted molar refractivity (Wildman–Crippen MR) is 102 cm³/mol. The second-order valence-corrected chi connectivity index (χ2v) is 5.66. The standard InChI is InChI=1S/C20H17FN4O2/c1-3-18(26)23-15-8-5-9-16(11-15)27-19-17(21)12-22-20(25-19)24-14-7-4-6-13(2)10-14/h3-12H,1H2,2H3,(H,23,26)(H,22,24,25). The van der Waals surface area contributed by atoms with Gasteiger partial charge in [0.05, 0.1) is 6.20 Å². The molecular formula is C20H17FN4O2. The first-order valence-corrected chi connectivity index (χ1v) is 8.11. The van der Waals surface area contributed by atoms with Crippen molar-refractivity contribution in [2.75, 3.05) is 10.6 Å². The first-order valence-electron chi connectivity index (χ1n) is 8.11. The molecule has 0 radical (unpaired) electrons. The Labute approximate surface area is 155 Å². The average Bonchev–Trinajstić information content (AvgIpc) is 2.65. The molecule has 0 saturated heterocycles. The molecule has 0 bridgehead atoms. The van der Waals surface area contributed by atoms with Gasteiger partial charge in [0.2, 0.25) is 17.7 Å². The molecule has 0 saturated carbocycles. The van der Waals surface area contributed by atoms with Gasteiger partial charge in [-0.15, -0.1) is 0 Å². The van der Waals surface area contributed by atoms with Gasteiger partial charge in [-0.25, -0.2) is 4.98 Å². The lowest BCUT2D eigenvalue weighted by atomic mass is 10.2. The van der Waals surface area contributed by atoms with Gasteiger partial charge in [0, 0.05) is 17.4 Å². The third kappa shape index (κ3) is 4.88. The minimum atomic E-state index is -0.703. The fourth-order valence-electron chi connectivity index (χ4n) is 2.28. The number of carbonyl (C=O) groups excluding carboxylic acids is 1. The number of rotatable bonds is 6. The van der Waals surface area contributed by atoms with Gasteiger partial charge in [-0.1, -0.05) is 24.8 Å². The minimum absolute atomic E-state index is 0.202. The van der Waals surface area contributed by atoms with E-state index in [4.69, 9.17) is 4.74 Å². The monoisotopic (exact) mass is 364 g/mol. The Hall–Kier alpha value is -3.74. The van der Waals surface area contributed by atoms with Crippen LogP contribution < -0.4 is 15.4 Å². The predicted octanol–water partition coefficient (Wildman–Crippen LogP) is 4.58. The zero-order valence-electron chi connectivity index (χ0n) is 14.6. The lowest BCUT2D eigenvalue weighted by molar-refractivity contribution is -0.111. The highest BCUT2D eigenvalue weighted by Gasteiger charge is 2.11. The van der Waals surface area contributed by atoms with Crippen molar-refractivity contribution < 1.29 is 13.9 Å². The molecule has 6 nitrogen and oxygen atoms in total. The van der Waals surface area contributed by atoms with Crippen molar-refractivity contribution in [3.63, 3.8) is 0 Å². The van der Waals surface area contributed by atoms with Crippen molar-refractivity contribution in [3.05, 3.63) is 78.8 Å². The number of hydrogen-bond donors (Lipinski definition) is 2. The van der Waals surface area contributed by atoms with E-state index in [1.807, 2.05) is 31.2 Å². The maximum Gasteiger partial charge on any atom is 0.260 e. The van der Waals surface area contributed by atoms with Crippen LogP contribution in [0.2, 0.25) is 0 Å². The van der Waals surface area contributed by atoms with E-state index in [1.165, 1.54) is 0 Å². The number of ether oxygens (including phenoxy) is 1. The molecule has 0 spiro atoms. The van der Waals surface area contributed by atoms with Crippen molar-refractivity contribution in [3.8, 4) is 11.6 Å². The van der Waals surface area contributed by atoms with Crippen molar-refractivity contribution in [1.82, 2.24) is 9.97 Å². The molecule has 2 aromatic carbocycles. The smallest absolute Gasteiger partial charge is 0.260 e. The first kappa shape index (κ1) is 18.1. The van der Waals surface area contributed by atoms with Crippen LogP contribution in [0.3, 0.4) is 0 Å². The molecule has 0 unspecified atom stereocenters. The van der Waals surface area contributed by atoms with Crippen LogP contribution in [0, 0.1) is 12.7 Å². The van der Waals surface area contributed by atoms with E-state index in [2.05, 4.69) is 27.2 Å². The van der Waals surface area contributed by atoms with Gasteiger partial charge in [0.15, 0.2) is 0 Å². The number of hydrogen-bond acceptors (Lipinski definition) is 5. The van der Waals surface area contributed by atoms with Crippen LogP contribution in [0.25, 0.3) is 0 Å². The number of nitrogens with one attached hydrogen (secondary N) is 2. The topological polar surface area (TPSA) is 76.1 Å². The summed E-state index contributed by atoms with van der Waals surface area (Å²) < 4.78 is 19.6. The Balaban J connectivity index is 1.79. The van der Waals surface area contributed by atoms with Crippen LogP contribution in [0.1, 0.15) is 5.56 Å². The van der Waals surface area contributed by atoms with Crippen molar-refractivity contribution >= 4 is 23.2 Å². The van der Waals surface area contributed by atoms with Gasteiger partial charge in [0.1, 0.15) is 5.75 Å². The third-order valence-electron chi connectivity index (χ3n) is 3.49. The molecule has 1 amide bonds. The SMILES string of the molecule is C=CC(=O)Nc1cccc(Oc2nc(Nc3cccc(C)c3)ncc2F)c1. The first-order chi connectivity index (χ1) is 13.0. The molecule has 0 aliphatic rings. The summed E-state index contributed by atoms with van der Waals surface area (Å²) in [6.07, 6.45) is 2.19. The molecule has 136 valence electrons. The summed E-state index contributed by atoms with van der Waals surface area (Å²) >= 11 is 0. The van der Waals surface area contributed by atoms with E-state index in [0.717, 1.165) is 23.5 Å². The second-order valence-electron chi connectivity index (χ2n) is 5.66. The van der Waals surface area contributed by atoms with E-state index in [0.29, 0.717) is 11.4 Å². The van der Waals surface area contributed by atoms with Gasteiger partial charge in [-0.05, 0) is 42.8 Å². The molecule has 0 fully saturated rings. The maximum absolute atomic E-state index is 14.1. The molecule has 0 aliphatic carbocycles. The van der Waals surface area contributed by atoms with Crippen LogP contribution in [-0.2, 0) is 4.79 Å². The van der Waals surface area contributed by atoms with Crippen LogP contribution in [0.5, 0.6) is 11.6 Å². The Morgan fingerprint density at radius 2 is 1.96 bits per heavy atom. The van der Waals surface area contributed by atoms with Crippen molar-refractivity contribution in [1.29, 1.82) is 0 Å². The number of halogens is 1. The Kier molecular flexibility index (Phi) is 5.41. The van der Waals surface area contributed by atoms with Crippen molar-refractivity contribution in [2.24, 2.45) is 0 Å². The van der Waals surface area contributed by atoms with E-state index < -0.39 is 5.82 Å². The summed E-state index contributed by atoms with van der Waals surface area (Å²) in [6.45, 7) is 5.35. The molecule has 3 aromatic rings. The number of carbonyl (C=O) groups is 1. The summed E-state index contributed by atoms with van der Waals surface area (Å²) in [6, 6.07) is 14.1. The van der Waals surface area contributed by atoms with E-state index in [9.17, 15) is 9.18 Å². The number of aromatic nitrogens is 2. The van der Waals surface area contributed by atoms with E-state index >= 15 is 0 Å². The largest absolute Gasteiger partial charge is 0.436 e. The number of aryl methyl sites for hydroxylation is 1. The van der Waals surface area contributed by atoms with Gasteiger partial charge in [-0.2, -0.15) is 9.37 Å². The Morgan fingerprint density at radius 1 is 1.19 bits per heavy atom. The molecule has 0 atom stereocenters. The summed E-state index contributed by atoms with van der Waals surface area (Å²) in [7, 11) is 0. The number of nitrogens with zero attached hydrogens (tertiary/aromatic N) is 2. The van der Waals surface area contributed by atoms with E-state index in [1.54, 1.807) is 24.3 Å². The Bertz CT molecular complexity index is 991. The zero-order chi connectivity index (χ0) is 19.2. The molecular weight excluding hydrogens is 347 g/mol. The van der Waals surface area contributed by atoms with Gasteiger partial charge in [0.25, 0.3) is 5.88 Å². The third-order valence-corrected chi connectivity index (χ3v) is 3.49. The van der Waals surface area contributed by atoms with Gasteiger partial charge >= 0.3 is 0 Å². The molecule has 7 heteroatoms. The zero-order valence-corrected chi connectivity index (χ0v) is 14.6. The fraction of sp³-hybridized carbons (Fsp3) is 0.0500. The molecule has 0 aliphatic heterocycles. The summed E-state index contributed by atoms with van der Waals surface area (Å²) in [4.78, 5) is 19.4. The molecule has 1 heterocycles. The van der Waals surface area contributed by atoms with Crippen molar-refractivity contribution in [2.45, 2.75) is 6.92 Å². The lowest BCUT2D eigenvalue weighted by Gasteiger charge is -2.10. The molecule has 1 aromatic heterocycles. The highest BCUT2D eigenvalue weighted by molar-refractivity contribution is 5.98. The highest BCUT2D eigenvalue weighted by atomic mass is 19.1. The number of benzene rings is 2. The second kappa shape index (κ2) is 8.09. The van der Waals surface area contributed by atoms with E-state index in [-0.39, 0.29) is 17.7 Å². The Morgan fingerprint density at radius 3 is 2.74 bits per heavy atom. The fourth-order valence-corrected chi connectivity index (χ4v) is 2.28. The number of anilines is 3. The highest BCUT2D eigenvalue weighted by Crippen LogP contribution is 2.26. The molecule has 2 N–H and O–H groups in total. The summed E-state index contributed by atoms with van der Waals surface area (Å²) in [5.74, 6) is -0.772. The average molecular weight is 364 g/mol. The lowest BCUT2D eigenvalue weighted by Crippen LogP contribution is -2.07. The van der Waals surface area contributed by atoms with Gasteiger partial charge in [-0.3, -0.25) is 4.79 Å². The number of amides is 1. The summed E-state index contributed by atoms with van der Waals surface area (Å²) in [5.41, 5.74) is 2.34. The molecule has 3 rings (SSSR count). The quantitative estimate of drug-likeness (QED) is 0.626. The van der Waals surface area contributed by atoms with Crippen LogP contribution in [0.15, 0.2) is 67.4 Å². The maximum atomic E-state index is 14.1.